The number of benzene rings is 2. The van der Waals surface area contributed by atoms with Gasteiger partial charge in [0.15, 0.2) is 11.5 Å². The molecule has 0 amide bonds. The van der Waals surface area contributed by atoms with Crippen LogP contribution in [0.15, 0.2) is 48.5 Å². The van der Waals surface area contributed by atoms with Gasteiger partial charge in [0, 0.05) is 4.86 Å². The Morgan fingerprint density at radius 3 is 1.43 bits per heavy atom. The molecule has 0 aliphatic heterocycles. The van der Waals surface area contributed by atoms with Gasteiger partial charge in [0.25, 0.3) is 0 Å². The Kier molecular flexibility index (Phi) is 25.2. The number of hydrogen-bond acceptors (Lipinski definition) is 3. The van der Waals surface area contributed by atoms with Crippen molar-refractivity contribution >= 4 is 23.2 Å². The highest BCUT2D eigenvalue weighted by Gasteiger charge is 2.08. The molecule has 264 valence electrons. The van der Waals surface area contributed by atoms with E-state index in [-0.39, 0.29) is 0 Å². The number of rotatable bonds is 31. The maximum atomic E-state index is 6.35. The highest BCUT2D eigenvalue weighted by atomic mass is 32.1. The molecule has 0 radical (unpaired) electrons. The van der Waals surface area contributed by atoms with Crippen LogP contribution < -0.4 is 9.47 Å². The average molecular weight is 663 g/mol. The molecule has 0 aromatic heterocycles. The van der Waals surface area contributed by atoms with E-state index in [1.165, 1.54) is 134 Å². The van der Waals surface area contributed by atoms with Gasteiger partial charge in [0.2, 0.25) is 0 Å². The first-order valence-corrected chi connectivity index (χ1v) is 20.3. The molecule has 0 N–H and O–H groups in total. The Morgan fingerprint density at radius 2 is 0.957 bits per heavy atom. The Balaban J connectivity index is 1.80. The SMILES string of the molecule is CCCCCCCCCCCCCOc1ccc(C=CC(=S)c2ccc(CCC)cc2)cc1OCCCCCCCCCCCCC. The lowest BCUT2D eigenvalue weighted by atomic mass is 10.1. The van der Waals surface area contributed by atoms with Crippen molar-refractivity contribution in [3.63, 3.8) is 0 Å². The molecular formula is C44H70O2S. The average Bonchev–Trinajstić information content (AvgIpc) is 3.09. The van der Waals surface area contributed by atoms with Crippen molar-refractivity contribution in [3.8, 4) is 11.5 Å². The number of hydrogen-bond donors (Lipinski definition) is 0. The summed E-state index contributed by atoms with van der Waals surface area (Å²) in [5, 5.41) is 0. The fourth-order valence-corrected chi connectivity index (χ4v) is 6.35. The monoisotopic (exact) mass is 663 g/mol. The van der Waals surface area contributed by atoms with Gasteiger partial charge in [-0.1, -0.05) is 204 Å². The summed E-state index contributed by atoms with van der Waals surface area (Å²) in [5.74, 6) is 1.73. The van der Waals surface area contributed by atoms with E-state index in [2.05, 4.69) is 69.3 Å². The second-order valence-corrected chi connectivity index (χ2v) is 14.1. The Morgan fingerprint density at radius 1 is 0.511 bits per heavy atom. The first-order chi connectivity index (χ1) is 23.2. The predicted octanol–water partition coefficient (Wildman–Crippen LogP) is 14.5. The van der Waals surface area contributed by atoms with Crippen LogP contribution in [0, 0.1) is 0 Å². The molecule has 0 unspecified atom stereocenters. The van der Waals surface area contributed by atoms with E-state index >= 15 is 0 Å². The van der Waals surface area contributed by atoms with Gasteiger partial charge < -0.3 is 9.47 Å². The molecule has 2 aromatic carbocycles. The van der Waals surface area contributed by atoms with Gasteiger partial charge in [-0.25, -0.2) is 0 Å². The van der Waals surface area contributed by atoms with Gasteiger partial charge in [0.05, 0.1) is 13.2 Å². The van der Waals surface area contributed by atoms with Crippen LogP contribution in [0.25, 0.3) is 6.08 Å². The number of unbranched alkanes of at least 4 members (excludes halogenated alkanes) is 20. The molecule has 2 rings (SSSR count). The van der Waals surface area contributed by atoms with E-state index in [4.69, 9.17) is 21.7 Å². The normalized spacial score (nSPS) is 11.4. The zero-order valence-corrected chi connectivity index (χ0v) is 31.6. The number of ether oxygens (including phenoxy) is 2. The largest absolute Gasteiger partial charge is 0.490 e. The van der Waals surface area contributed by atoms with Crippen molar-refractivity contribution in [3.05, 3.63) is 65.2 Å². The molecule has 0 bridgehead atoms. The third-order valence-corrected chi connectivity index (χ3v) is 9.55. The fraction of sp³-hybridized carbons (Fsp3) is 0.659. The minimum Gasteiger partial charge on any atom is -0.490 e. The molecule has 0 aliphatic carbocycles. The van der Waals surface area contributed by atoms with Crippen molar-refractivity contribution in [2.75, 3.05) is 13.2 Å². The molecule has 0 aliphatic rings. The van der Waals surface area contributed by atoms with Crippen molar-refractivity contribution in [2.45, 2.75) is 175 Å². The summed E-state index contributed by atoms with van der Waals surface area (Å²) in [6.45, 7) is 8.28. The lowest BCUT2D eigenvalue weighted by Gasteiger charge is -2.14. The summed E-state index contributed by atoms with van der Waals surface area (Å²) < 4.78 is 12.6. The van der Waals surface area contributed by atoms with Gasteiger partial charge in [-0.3, -0.25) is 0 Å². The molecular weight excluding hydrogens is 593 g/mol. The van der Waals surface area contributed by atoms with Crippen LogP contribution in [0.1, 0.15) is 185 Å². The zero-order chi connectivity index (χ0) is 33.6. The molecule has 0 heterocycles. The molecule has 0 spiro atoms. The van der Waals surface area contributed by atoms with E-state index in [0.717, 1.165) is 66.4 Å². The van der Waals surface area contributed by atoms with Gasteiger partial charge in [-0.15, -0.1) is 0 Å². The van der Waals surface area contributed by atoms with Crippen LogP contribution in [0.4, 0.5) is 0 Å². The van der Waals surface area contributed by atoms with Crippen LogP contribution in [0.3, 0.4) is 0 Å². The molecule has 2 aromatic rings. The highest BCUT2D eigenvalue weighted by molar-refractivity contribution is 7.81. The van der Waals surface area contributed by atoms with Gasteiger partial charge in [-0.2, -0.15) is 0 Å². The quantitative estimate of drug-likeness (QED) is 0.0346. The van der Waals surface area contributed by atoms with Crippen molar-refractivity contribution < 1.29 is 9.47 Å². The smallest absolute Gasteiger partial charge is 0.161 e. The Labute approximate surface area is 296 Å². The fourth-order valence-electron chi connectivity index (χ4n) is 6.15. The van der Waals surface area contributed by atoms with Gasteiger partial charge in [0.1, 0.15) is 0 Å². The number of thiocarbonyl (C=S) groups is 1. The van der Waals surface area contributed by atoms with E-state index in [1.54, 1.807) is 0 Å². The van der Waals surface area contributed by atoms with Crippen LogP contribution in [-0.4, -0.2) is 18.1 Å². The Hall–Kier alpha value is -2.13. The second kappa shape index (κ2) is 28.8. The maximum absolute atomic E-state index is 6.35. The summed E-state index contributed by atoms with van der Waals surface area (Å²) >= 11 is 5.74. The van der Waals surface area contributed by atoms with Crippen LogP contribution in [-0.2, 0) is 6.42 Å². The maximum Gasteiger partial charge on any atom is 0.161 e. The van der Waals surface area contributed by atoms with Gasteiger partial charge in [-0.05, 0) is 54.2 Å². The lowest BCUT2D eigenvalue weighted by molar-refractivity contribution is 0.258. The third-order valence-electron chi connectivity index (χ3n) is 9.18. The summed E-state index contributed by atoms with van der Waals surface area (Å²) in [6.07, 6.45) is 35.9. The minimum absolute atomic E-state index is 0.738. The molecule has 3 heteroatoms. The van der Waals surface area contributed by atoms with Crippen molar-refractivity contribution in [1.29, 1.82) is 0 Å². The standard InChI is InChI=1S/C44H70O2S/c1-4-7-9-11-13-15-17-19-21-23-25-36-45-42-34-30-40(31-35-44(47)41-32-28-39(27-6-3)29-33-41)38-43(42)46-37-26-24-22-20-18-16-14-12-10-8-5-2/h28-35,38H,4-27,36-37H2,1-3H3. The number of aryl methyl sites for hydroxylation is 1. The zero-order valence-electron chi connectivity index (χ0n) is 30.8. The summed E-state index contributed by atoms with van der Waals surface area (Å²) in [6, 6.07) is 15.0. The van der Waals surface area contributed by atoms with Crippen LogP contribution in [0.5, 0.6) is 11.5 Å². The molecule has 0 saturated carbocycles. The van der Waals surface area contributed by atoms with Gasteiger partial charge >= 0.3 is 0 Å². The van der Waals surface area contributed by atoms with E-state index in [9.17, 15) is 0 Å². The first kappa shape index (κ1) is 41.0. The third kappa shape index (κ3) is 20.8. The topological polar surface area (TPSA) is 18.5 Å². The summed E-state index contributed by atoms with van der Waals surface area (Å²) in [7, 11) is 0. The summed E-state index contributed by atoms with van der Waals surface area (Å²) in [4.78, 5) is 0.855. The van der Waals surface area contributed by atoms with Crippen LogP contribution >= 0.6 is 12.2 Å². The predicted molar refractivity (Wildman–Crippen MR) is 212 cm³/mol. The molecule has 0 fully saturated rings. The van der Waals surface area contributed by atoms with E-state index in [1.807, 2.05) is 6.08 Å². The van der Waals surface area contributed by atoms with Crippen LogP contribution in [0.2, 0.25) is 0 Å². The molecule has 47 heavy (non-hydrogen) atoms. The van der Waals surface area contributed by atoms with E-state index in [0.29, 0.717) is 0 Å². The Bertz CT molecular complexity index is 1060. The van der Waals surface area contributed by atoms with E-state index < -0.39 is 0 Å². The highest BCUT2D eigenvalue weighted by Crippen LogP contribution is 2.30. The minimum atomic E-state index is 0.738. The number of allylic oxidation sites excluding steroid dienone is 1. The molecule has 0 atom stereocenters. The second-order valence-electron chi connectivity index (χ2n) is 13.6. The molecule has 0 saturated heterocycles. The lowest BCUT2D eigenvalue weighted by Crippen LogP contribution is -2.03. The van der Waals surface area contributed by atoms with Crippen molar-refractivity contribution in [2.24, 2.45) is 0 Å². The summed E-state index contributed by atoms with van der Waals surface area (Å²) in [5.41, 5.74) is 3.55. The first-order valence-electron chi connectivity index (χ1n) is 19.9. The van der Waals surface area contributed by atoms with Crippen molar-refractivity contribution in [1.82, 2.24) is 0 Å². The molecule has 2 nitrogen and oxygen atoms in total.